The van der Waals surface area contributed by atoms with Crippen LogP contribution in [0.5, 0.6) is 0 Å². The zero-order valence-electron chi connectivity index (χ0n) is 29.6. The van der Waals surface area contributed by atoms with Crippen LogP contribution in [0.2, 0.25) is 0 Å². The van der Waals surface area contributed by atoms with Crippen molar-refractivity contribution < 1.29 is 47.8 Å². The van der Waals surface area contributed by atoms with E-state index in [0.29, 0.717) is 32.1 Å². The fraction of sp³-hybridized carbons (Fsp3) is 0.757. The van der Waals surface area contributed by atoms with Gasteiger partial charge in [-0.1, -0.05) is 122 Å². The highest BCUT2D eigenvalue weighted by Gasteiger charge is 2.27. The quantitative estimate of drug-likeness (QED) is 0.0302. The van der Waals surface area contributed by atoms with Gasteiger partial charge in [-0.25, -0.2) is 4.57 Å². The number of ketones is 1. The monoisotopic (exact) mass is 698 g/mol. The van der Waals surface area contributed by atoms with Crippen LogP contribution in [0.15, 0.2) is 36.5 Å². The summed E-state index contributed by atoms with van der Waals surface area (Å²) in [6, 6.07) is 0. The van der Waals surface area contributed by atoms with Crippen molar-refractivity contribution in [3.63, 3.8) is 0 Å². The largest absolute Gasteiger partial charge is 0.469 e. The number of phosphoric acid groups is 1. The highest BCUT2D eigenvalue weighted by atomic mass is 31.2. The summed E-state index contributed by atoms with van der Waals surface area (Å²) < 4.78 is 26.2. The van der Waals surface area contributed by atoms with Crippen molar-refractivity contribution in [2.45, 2.75) is 149 Å². The molecule has 0 saturated carbocycles. The number of esters is 2. The SMILES string of the molecule is CCCCC[C@H](O)/C=C/[C@H]1C(=O)C=C[C@@H]1C/C=C\CCCC(=O)OC[C@H](COP(=O)(O)O)OC(=O)CCCCCCCCCCC(C)C. The van der Waals surface area contributed by atoms with Gasteiger partial charge in [0.2, 0.25) is 0 Å². The minimum atomic E-state index is -4.80. The number of hydrogen-bond acceptors (Lipinski definition) is 8. The zero-order chi connectivity index (χ0) is 35.6. The third kappa shape index (κ3) is 24.1. The molecule has 0 bridgehead atoms. The highest BCUT2D eigenvalue weighted by molar-refractivity contribution is 7.46. The molecular formula is C37H63O10P. The van der Waals surface area contributed by atoms with Crippen LogP contribution in [0.4, 0.5) is 0 Å². The second-order valence-electron chi connectivity index (χ2n) is 13.3. The van der Waals surface area contributed by atoms with Crippen LogP contribution in [-0.4, -0.2) is 58.0 Å². The van der Waals surface area contributed by atoms with Gasteiger partial charge in [0.05, 0.1) is 12.7 Å². The predicted octanol–water partition coefficient (Wildman–Crippen LogP) is 8.09. The normalized spacial score (nSPS) is 17.9. The van der Waals surface area contributed by atoms with Gasteiger partial charge in [-0.2, -0.15) is 0 Å². The Kier molecular flexibility index (Phi) is 24.5. The summed E-state index contributed by atoms with van der Waals surface area (Å²) in [5, 5.41) is 10.2. The van der Waals surface area contributed by atoms with Crippen molar-refractivity contribution >= 4 is 25.5 Å². The van der Waals surface area contributed by atoms with E-state index in [0.717, 1.165) is 44.4 Å². The molecule has 1 aliphatic carbocycles. The molecule has 0 amide bonds. The Morgan fingerprint density at radius 3 is 2.19 bits per heavy atom. The van der Waals surface area contributed by atoms with Crippen LogP contribution < -0.4 is 0 Å². The molecule has 0 fully saturated rings. The smallest absolute Gasteiger partial charge is 0.462 e. The molecule has 0 aromatic heterocycles. The first-order chi connectivity index (χ1) is 22.9. The predicted molar refractivity (Wildman–Crippen MR) is 188 cm³/mol. The lowest BCUT2D eigenvalue weighted by atomic mass is 9.90. The first-order valence-corrected chi connectivity index (χ1v) is 19.7. The van der Waals surface area contributed by atoms with Gasteiger partial charge >= 0.3 is 19.8 Å². The van der Waals surface area contributed by atoms with Gasteiger partial charge in [0.25, 0.3) is 0 Å². The topological polar surface area (TPSA) is 157 Å². The Labute approximate surface area is 289 Å². The van der Waals surface area contributed by atoms with Gasteiger partial charge in [-0.3, -0.25) is 18.9 Å². The molecule has 0 heterocycles. The Hall–Kier alpha value is -2.10. The third-order valence-electron chi connectivity index (χ3n) is 8.34. The van der Waals surface area contributed by atoms with Crippen molar-refractivity contribution in [3.05, 3.63) is 36.5 Å². The van der Waals surface area contributed by atoms with Crippen molar-refractivity contribution in [1.82, 2.24) is 0 Å². The Balaban J connectivity index is 2.33. The number of aliphatic hydroxyl groups excluding tert-OH is 1. The van der Waals surface area contributed by atoms with E-state index in [2.05, 4.69) is 25.3 Å². The van der Waals surface area contributed by atoms with Crippen molar-refractivity contribution in [2.24, 2.45) is 17.8 Å². The molecule has 11 heteroatoms. The fourth-order valence-electron chi connectivity index (χ4n) is 5.49. The lowest BCUT2D eigenvalue weighted by Gasteiger charge is -2.18. The van der Waals surface area contributed by atoms with Crippen molar-refractivity contribution in [1.29, 1.82) is 0 Å². The van der Waals surface area contributed by atoms with E-state index in [1.165, 1.54) is 32.1 Å². The number of hydrogen-bond donors (Lipinski definition) is 3. The fourth-order valence-corrected chi connectivity index (χ4v) is 5.85. The summed E-state index contributed by atoms with van der Waals surface area (Å²) in [4.78, 5) is 55.1. The molecule has 4 atom stereocenters. The molecule has 0 unspecified atom stereocenters. The van der Waals surface area contributed by atoms with E-state index in [4.69, 9.17) is 19.3 Å². The number of phosphoric ester groups is 1. The van der Waals surface area contributed by atoms with E-state index in [9.17, 15) is 24.1 Å². The lowest BCUT2D eigenvalue weighted by Crippen LogP contribution is -2.29. The Bertz CT molecular complexity index is 1030. The van der Waals surface area contributed by atoms with Crippen LogP contribution in [0, 0.1) is 17.8 Å². The molecular weight excluding hydrogens is 635 g/mol. The molecule has 0 aromatic carbocycles. The minimum Gasteiger partial charge on any atom is -0.462 e. The number of ether oxygens (including phenoxy) is 2. The van der Waals surface area contributed by atoms with Crippen LogP contribution in [0.25, 0.3) is 0 Å². The van der Waals surface area contributed by atoms with E-state index in [1.807, 2.05) is 24.3 Å². The van der Waals surface area contributed by atoms with Crippen LogP contribution in [0.3, 0.4) is 0 Å². The standard InChI is InChI=1S/C37H63O10P/c1-4-5-14-21-32(38)25-26-34-31(24-27-35(34)39)20-16-12-13-17-22-36(40)45-28-33(29-46-48(42,43)44)47-37(41)23-18-11-9-7-6-8-10-15-19-30(2)3/h12,16,24-27,30-34,38H,4-11,13-15,17-23,28-29H2,1-3H3,(H2,42,43,44)/b16-12-,26-25+/t31-,32-,33+,34+/m0/s1. The van der Waals surface area contributed by atoms with Crippen molar-refractivity contribution in [2.75, 3.05) is 13.2 Å². The maximum absolute atomic E-state index is 12.3. The average Bonchev–Trinajstić information content (AvgIpc) is 3.38. The highest BCUT2D eigenvalue weighted by Crippen LogP contribution is 2.36. The number of aliphatic hydroxyl groups is 1. The van der Waals surface area contributed by atoms with Gasteiger partial charge in [-0.05, 0) is 50.0 Å². The molecule has 10 nitrogen and oxygen atoms in total. The van der Waals surface area contributed by atoms with Crippen LogP contribution >= 0.6 is 7.82 Å². The summed E-state index contributed by atoms with van der Waals surface area (Å²) >= 11 is 0. The van der Waals surface area contributed by atoms with Gasteiger partial charge in [0.1, 0.15) is 6.61 Å². The first-order valence-electron chi connectivity index (χ1n) is 18.2. The minimum absolute atomic E-state index is 0.0297. The molecule has 1 rings (SSSR count). The average molecular weight is 699 g/mol. The summed E-state index contributed by atoms with van der Waals surface area (Å²) in [6.45, 7) is 5.65. The number of allylic oxidation sites excluding steroid dienone is 5. The number of unbranched alkanes of at least 4 members (excludes halogenated alkanes) is 10. The molecule has 0 spiro atoms. The second-order valence-corrected chi connectivity index (χ2v) is 14.6. The Morgan fingerprint density at radius 1 is 0.875 bits per heavy atom. The molecule has 3 N–H and O–H groups in total. The van der Waals surface area contributed by atoms with E-state index < -0.39 is 38.6 Å². The molecule has 0 aromatic rings. The van der Waals surface area contributed by atoms with Crippen molar-refractivity contribution in [3.8, 4) is 0 Å². The lowest BCUT2D eigenvalue weighted by molar-refractivity contribution is -0.161. The summed E-state index contributed by atoms with van der Waals surface area (Å²) in [6.07, 6.45) is 25.2. The van der Waals surface area contributed by atoms with Gasteiger partial charge in [0.15, 0.2) is 11.9 Å². The zero-order valence-corrected chi connectivity index (χ0v) is 30.5. The number of carbonyl (C=O) groups is 3. The molecule has 276 valence electrons. The summed E-state index contributed by atoms with van der Waals surface area (Å²) in [7, 11) is -4.80. The molecule has 0 aliphatic heterocycles. The molecule has 0 radical (unpaired) electrons. The van der Waals surface area contributed by atoms with Gasteiger partial charge in [-0.15, -0.1) is 0 Å². The van der Waals surface area contributed by atoms with Gasteiger partial charge in [0, 0.05) is 18.8 Å². The van der Waals surface area contributed by atoms with E-state index >= 15 is 0 Å². The summed E-state index contributed by atoms with van der Waals surface area (Å²) in [5.74, 6) is -0.496. The van der Waals surface area contributed by atoms with E-state index in [1.54, 1.807) is 12.2 Å². The Morgan fingerprint density at radius 2 is 1.52 bits per heavy atom. The number of carbonyl (C=O) groups excluding carboxylic acids is 3. The van der Waals surface area contributed by atoms with Gasteiger partial charge < -0.3 is 24.4 Å². The molecule has 48 heavy (non-hydrogen) atoms. The third-order valence-corrected chi connectivity index (χ3v) is 8.82. The maximum Gasteiger partial charge on any atom is 0.469 e. The second kappa shape index (κ2) is 26.7. The summed E-state index contributed by atoms with van der Waals surface area (Å²) in [5.41, 5.74) is 0. The first kappa shape index (κ1) is 43.9. The number of rotatable bonds is 29. The molecule has 1 aliphatic rings. The molecule has 0 saturated heterocycles. The van der Waals surface area contributed by atoms with Crippen LogP contribution in [0.1, 0.15) is 136 Å². The van der Waals surface area contributed by atoms with E-state index in [-0.39, 0.29) is 37.1 Å². The van der Waals surface area contributed by atoms with Crippen LogP contribution in [-0.2, 0) is 32.9 Å². The maximum atomic E-state index is 12.3.